The Bertz CT molecular complexity index is 735. The minimum atomic E-state index is -0.227. The lowest BCUT2D eigenvalue weighted by molar-refractivity contribution is 0.102. The zero-order chi connectivity index (χ0) is 13.2. The molecule has 0 spiro atoms. The highest BCUT2D eigenvalue weighted by Gasteiger charge is 2.11. The Morgan fingerprint density at radius 1 is 1.26 bits per heavy atom. The van der Waals surface area contributed by atoms with Crippen LogP contribution in [0.25, 0.3) is 11.1 Å². The third-order valence-electron chi connectivity index (χ3n) is 2.69. The number of hydrogen-bond acceptors (Lipinski definition) is 4. The van der Waals surface area contributed by atoms with E-state index in [0.29, 0.717) is 22.7 Å². The Balaban J connectivity index is 1.95. The van der Waals surface area contributed by atoms with E-state index in [9.17, 15) is 4.79 Å². The molecule has 94 valence electrons. The summed E-state index contributed by atoms with van der Waals surface area (Å²) in [7, 11) is 0. The number of nitrogens with one attached hydrogen (secondary N) is 1. The van der Waals surface area contributed by atoms with Gasteiger partial charge in [-0.15, -0.1) is 0 Å². The molecule has 0 unspecified atom stereocenters. The van der Waals surface area contributed by atoms with E-state index in [1.54, 1.807) is 31.3 Å². The molecular weight excluding hydrogens is 242 g/mol. The number of pyridine rings is 1. The van der Waals surface area contributed by atoms with Crippen molar-refractivity contribution in [1.29, 1.82) is 0 Å². The van der Waals surface area contributed by atoms with Crippen LogP contribution in [0.2, 0.25) is 0 Å². The standard InChI is InChI=1S/C14H11N3O2/c1-9-16-11-5-2-6-12(13(11)19-9)17-14(18)10-4-3-7-15-8-10/h2-8H,1H3,(H,17,18). The van der Waals surface area contributed by atoms with Crippen LogP contribution >= 0.6 is 0 Å². The number of para-hydroxylation sites is 1. The van der Waals surface area contributed by atoms with Crippen molar-refractivity contribution in [3.8, 4) is 0 Å². The van der Waals surface area contributed by atoms with Crippen LogP contribution in [-0.4, -0.2) is 15.9 Å². The van der Waals surface area contributed by atoms with Gasteiger partial charge in [-0.2, -0.15) is 0 Å². The predicted octanol–water partition coefficient (Wildman–Crippen LogP) is 2.78. The molecule has 0 saturated heterocycles. The molecule has 1 amide bonds. The van der Waals surface area contributed by atoms with Crippen molar-refractivity contribution in [2.45, 2.75) is 6.92 Å². The molecule has 19 heavy (non-hydrogen) atoms. The van der Waals surface area contributed by atoms with E-state index in [1.165, 1.54) is 6.20 Å². The summed E-state index contributed by atoms with van der Waals surface area (Å²) in [6.07, 6.45) is 3.14. The molecule has 3 rings (SSSR count). The lowest BCUT2D eigenvalue weighted by Gasteiger charge is -2.04. The number of aromatic nitrogens is 2. The van der Waals surface area contributed by atoms with Crippen LogP contribution in [0, 0.1) is 6.92 Å². The third kappa shape index (κ3) is 2.18. The average Bonchev–Trinajstić information content (AvgIpc) is 2.81. The first-order valence-electron chi connectivity index (χ1n) is 5.81. The number of nitrogens with zero attached hydrogens (tertiary/aromatic N) is 2. The first kappa shape index (κ1) is 11.4. The summed E-state index contributed by atoms with van der Waals surface area (Å²) in [5.74, 6) is 0.340. The highest BCUT2D eigenvalue weighted by atomic mass is 16.3. The molecule has 0 fully saturated rings. The molecule has 0 aliphatic heterocycles. The van der Waals surface area contributed by atoms with E-state index in [4.69, 9.17) is 4.42 Å². The number of anilines is 1. The molecule has 0 aliphatic rings. The molecule has 2 aromatic heterocycles. The monoisotopic (exact) mass is 253 g/mol. The van der Waals surface area contributed by atoms with Gasteiger partial charge >= 0.3 is 0 Å². The van der Waals surface area contributed by atoms with Gasteiger partial charge in [0.05, 0.1) is 11.3 Å². The lowest BCUT2D eigenvalue weighted by atomic mass is 10.2. The molecule has 5 nitrogen and oxygen atoms in total. The van der Waals surface area contributed by atoms with Gasteiger partial charge < -0.3 is 9.73 Å². The number of fused-ring (bicyclic) bond motifs is 1. The molecule has 0 bridgehead atoms. The number of oxazole rings is 1. The second-order valence-corrected chi connectivity index (χ2v) is 4.08. The van der Waals surface area contributed by atoms with Crippen LogP contribution in [0.15, 0.2) is 47.1 Å². The predicted molar refractivity (Wildman–Crippen MR) is 70.9 cm³/mol. The van der Waals surface area contributed by atoms with Crippen LogP contribution < -0.4 is 5.32 Å². The molecule has 0 atom stereocenters. The van der Waals surface area contributed by atoms with E-state index in [2.05, 4.69) is 15.3 Å². The summed E-state index contributed by atoms with van der Waals surface area (Å²) in [6.45, 7) is 1.77. The Morgan fingerprint density at radius 3 is 2.95 bits per heavy atom. The zero-order valence-corrected chi connectivity index (χ0v) is 10.3. The molecule has 0 saturated carbocycles. The van der Waals surface area contributed by atoms with Gasteiger partial charge in [-0.1, -0.05) is 6.07 Å². The number of carbonyl (C=O) groups excluding carboxylic acids is 1. The van der Waals surface area contributed by atoms with E-state index in [-0.39, 0.29) is 5.91 Å². The van der Waals surface area contributed by atoms with Crippen molar-refractivity contribution in [2.75, 3.05) is 5.32 Å². The summed E-state index contributed by atoms with van der Waals surface area (Å²) < 4.78 is 5.49. The van der Waals surface area contributed by atoms with Crippen LogP contribution in [-0.2, 0) is 0 Å². The number of rotatable bonds is 2. The first-order valence-corrected chi connectivity index (χ1v) is 5.81. The minimum absolute atomic E-state index is 0.227. The molecule has 2 heterocycles. The van der Waals surface area contributed by atoms with Crippen LogP contribution in [0.4, 0.5) is 5.69 Å². The smallest absolute Gasteiger partial charge is 0.257 e. The van der Waals surface area contributed by atoms with Crippen molar-refractivity contribution in [1.82, 2.24) is 9.97 Å². The highest BCUT2D eigenvalue weighted by Crippen LogP contribution is 2.24. The number of aryl methyl sites for hydroxylation is 1. The van der Waals surface area contributed by atoms with Gasteiger partial charge in [-0.25, -0.2) is 4.98 Å². The normalized spacial score (nSPS) is 10.6. The van der Waals surface area contributed by atoms with Crippen LogP contribution in [0.1, 0.15) is 16.2 Å². The fourth-order valence-electron chi connectivity index (χ4n) is 1.85. The summed E-state index contributed by atoms with van der Waals surface area (Å²) in [4.78, 5) is 20.2. The third-order valence-corrected chi connectivity index (χ3v) is 2.69. The van der Waals surface area contributed by atoms with Crippen molar-refractivity contribution >= 4 is 22.7 Å². The summed E-state index contributed by atoms with van der Waals surface area (Å²) >= 11 is 0. The van der Waals surface area contributed by atoms with E-state index in [1.807, 2.05) is 12.1 Å². The van der Waals surface area contributed by atoms with E-state index >= 15 is 0 Å². The lowest BCUT2D eigenvalue weighted by Crippen LogP contribution is -2.12. The van der Waals surface area contributed by atoms with Gasteiger partial charge in [0.25, 0.3) is 5.91 Å². The number of amides is 1. The second-order valence-electron chi connectivity index (χ2n) is 4.08. The van der Waals surface area contributed by atoms with Crippen molar-refractivity contribution in [2.24, 2.45) is 0 Å². The number of benzene rings is 1. The zero-order valence-electron chi connectivity index (χ0n) is 10.3. The van der Waals surface area contributed by atoms with Crippen LogP contribution in [0.5, 0.6) is 0 Å². The maximum absolute atomic E-state index is 12.1. The molecule has 1 N–H and O–H groups in total. The molecule has 0 radical (unpaired) electrons. The second kappa shape index (κ2) is 4.53. The van der Waals surface area contributed by atoms with Gasteiger partial charge in [-0.3, -0.25) is 9.78 Å². The Kier molecular flexibility index (Phi) is 2.72. The van der Waals surface area contributed by atoms with Crippen molar-refractivity contribution in [3.05, 3.63) is 54.2 Å². The maximum atomic E-state index is 12.1. The maximum Gasteiger partial charge on any atom is 0.257 e. The van der Waals surface area contributed by atoms with Gasteiger partial charge in [0.2, 0.25) is 0 Å². The van der Waals surface area contributed by atoms with Crippen molar-refractivity contribution in [3.63, 3.8) is 0 Å². The Hall–Kier alpha value is -2.69. The van der Waals surface area contributed by atoms with Gasteiger partial charge in [0.15, 0.2) is 11.5 Å². The summed E-state index contributed by atoms with van der Waals surface area (Å²) in [6, 6.07) is 8.86. The van der Waals surface area contributed by atoms with E-state index < -0.39 is 0 Å². The Labute approximate surface area is 109 Å². The molecule has 3 aromatic rings. The molecule has 0 aliphatic carbocycles. The molecular formula is C14H11N3O2. The number of hydrogen-bond donors (Lipinski definition) is 1. The first-order chi connectivity index (χ1) is 9.24. The fraction of sp³-hybridized carbons (Fsp3) is 0.0714. The van der Waals surface area contributed by atoms with Crippen molar-refractivity contribution < 1.29 is 9.21 Å². The highest BCUT2D eigenvalue weighted by molar-refractivity contribution is 6.07. The SMILES string of the molecule is Cc1nc2cccc(NC(=O)c3cccnc3)c2o1. The average molecular weight is 253 g/mol. The van der Waals surface area contributed by atoms with Gasteiger partial charge in [0.1, 0.15) is 5.52 Å². The minimum Gasteiger partial charge on any atom is -0.439 e. The van der Waals surface area contributed by atoms with Gasteiger partial charge in [-0.05, 0) is 24.3 Å². The summed E-state index contributed by atoms with van der Waals surface area (Å²) in [5, 5.41) is 2.80. The van der Waals surface area contributed by atoms with E-state index in [0.717, 1.165) is 5.52 Å². The molecule has 1 aromatic carbocycles. The van der Waals surface area contributed by atoms with Crippen LogP contribution in [0.3, 0.4) is 0 Å². The Morgan fingerprint density at radius 2 is 2.16 bits per heavy atom. The largest absolute Gasteiger partial charge is 0.439 e. The van der Waals surface area contributed by atoms with Gasteiger partial charge in [0, 0.05) is 19.3 Å². The quantitative estimate of drug-likeness (QED) is 0.762. The summed E-state index contributed by atoms with van der Waals surface area (Å²) in [5.41, 5.74) is 2.40. The fourth-order valence-corrected chi connectivity index (χ4v) is 1.85. The number of carbonyl (C=O) groups is 1. The molecule has 5 heteroatoms. The topological polar surface area (TPSA) is 68.0 Å².